The lowest BCUT2D eigenvalue weighted by atomic mass is 9.80. The molecule has 1 fully saturated rings. The molecule has 1 saturated carbocycles. The van der Waals surface area contributed by atoms with Gasteiger partial charge in [-0.1, -0.05) is 58.0 Å². The van der Waals surface area contributed by atoms with E-state index in [9.17, 15) is 4.79 Å². The molecule has 1 aliphatic rings. The summed E-state index contributed by atoms with van der Waals surface area (Å²) >= 11 is 15.7. The monoisotopic (exact) mass is 377 g/mol. The van der Waals surface area contributed by atoms with Crippen molar-refractivity contribution in [3.05, 3.63) is 33.8 Å². The maximum atomic E-state index is 12.2. The van der Waals surface area contributed by atoms with Gasteiger partial charge < -0.3 is 5.32 Å². The molecule has 1 aromatic carbocycles. The zero-order valence-corrected chi connectivity index (χ0v) is 14.3. The van der Waals surface area contributed by atoms with Gasteiger partial charge in [-0.25, -0.2) is 0 Å². The molecule has 0 aromatic heterocycles. The van der Waals surface area contributed by atoms with E-state index in [1.54, 1.807) is 18.2 Å². The van der Waals surface area contributed by atoms with Gasteiger partial charge in [-0.3, -0.25) is 4.79 Å². The smallest absolute Gasteiger partial charge is 0.254 e. The predicted octanol–water partition coefficient (Wildman–Crippen LogP) is 4.92. The van der Waals surface area contributed by atoms with E-state index in [-0.39, 0.29) is 5.91 Å². The molecule has 5 heteroatoms. The number of hydrogen-bond acceptors (Lipinski definition) is 1. The first-order valence-corrected chi connectivity index (χ1v) is 8.79. The Kier molecular flexibility index (Phi) is 6.19. The van der Waals surface area contributed by atoms with E-state index in [2.05, 4.69) is 21.2 Å². The summed E-state index contributed by atoms with van der Waals surface area (Å²) in [6.45, 7) is 0.691. The van der Waals surface area contributed by atoms with E-state index in [4.69, 9.17) is 23.2 Å². The molecule has 2 nitrogen and oxygen atoms in total. The van der Waals surface area contributed by atoms with E-state index < -0.39 is 0 Å². The number of benzene rings is 1. The number of amides is 1. The Bertz CT molecular complexity index is 461. The van der Waals surface area contributed by atoms with Crippen molar-refractivity contribution in [2.45, 2.75) is 25.7 Å². The summed E-state index contributed by atoms with van der Waals surface area (Å²) in [7, 11) is 0. The number of halogens is 3. The average molecular weight is 379 g/mol. The summed E-state index contributed by atoms with van der Waals surface area (Å²) in [4.78, 5) is 12.2. The maximum Gasteiger partial charge on any atom is 0.254 e. The number of carbonyl (C=O) groups excluding carboxylic acids is 1. The standard InChI is InChI=1S/C15H18BrCl2NO/c16-8-10-4-1-2-5-11(10)9-19-15(20)14-12(17)6-3-7-13(14)18/h3,6-7,10-11H,1-2,4-5,8-9H2,(H,19,20). The summed E-state index contributed by atoms with van der Waals surface area (Å²) in [5.74, 6) is 0.999. The Labute approximate surface area is 138 Å². The Morgan fingerprint density at radius 3 is 2.40 bits per heavy atom. The molecule has 0 radical (unpaired) electrons. The van der Waals surface area contributed by atoms with Crippen molar-refractivity contribution in [2.75, 3.05) is 11.9 Å². The summed E-state index contributed by atoms with van der Waals surface area (Å²) in [5.41, 5.74) is 0.377. The van der Waals surface area contributed by atoms with Crippen LogP contribution in [0.15, 0.2) is 18.2 Å². The van der Waals surface area contributed by atoms with Crippen molar-refractivity contribution in [1.82, 2.24) is 5.32 Å². The highest BCUT2D eigenvalue weighted by molar-refractivity contribution is 9.09. The summed E-state index contributed by atoms with van der Waals surface area (Å²) in [5, 5.41) is 4.78. The third kappa shape index (κ3) is 3.90. The van der Waals surface area contributed by atoms with Crippen LogP contribution in [0.25, 0.3) is 0 Å². The lowest BCUT2D eigenvalue weighted by Crippen LogP contribution is -2.35. The van der Waals surface area contributed by atoms with Crippen LogP contribution in [0.5, 0.6) is 0 Å². The summed E-state index contributed by atoms with van der Waals surface area (Å²) in [6.07, 6.45) is 4.94. The molecule has 0 spiro atoms. The lowest BCUT2D eigenvalue weighted by molar-refractivity contribution is 0.0937. The molecule has 0 bridgehead atoms. The fourth-order valence-electron chi connectivity index (χ4n) is 2.78. The normalized spacial score (nSPS) is 22.6. The Balaban J connectivity index is 1.98. The number of nitrogens with one attached hydrogen (secondary N) is 1. The predicted molar refractivity (Wildman–Crippen MR) is 88.0 cm³/mol. The SMILES string of the molecule is O=C(NCC1CCCCC1CBr)c1c(Cl)cccc1Cl. The van der Waals surface area contributed by atoms with Crippen LogP contribution in [0.4, 0.5) is 0 Å². The molecule has 1 N–H and O–H groups in total. The highest BCUT2D eigenvalue weighted by atomic mass is 79.9. The van der Waals surface area contributed by atoms with Crippen molar-refractivity contribution in [3.8, 4) is 0 Å². The van der Waals surface area contributed by atoms with Gasteiger partial charge in [0, 0.05) is 11.9 Å². The second-order valence-electron chi connectivity index (χ2n) is 5.27. The minimum Gasteiger partial charge on any atom is -0.352 e. The van der Waals surface area contributed by atoms with E-state index in [0.29, 0.717) is 34.0 Å². The van der Waals surface area contributed by atoms with Crippen LogP contribution >= 0.6 is 39.1 Å². The molecule has 20 heavy (non-hydrogen) atoms. The van der Waals surface area contributed by atoms with Crippen molar-refractivity contribution in [1.29, 1.82) is 0 Å². The van der Waals surface area contributed by atoms with Gasteiger partial charge in [0.2, 0.25) is 0 Å². The summed E-state index contributed by atoms with van der Waals surface area (Å²) < 4.78 is 0. The molecule has 0 aliphatic heterocycles. The van der Waals surface area contributed by atoms with Crippen LogP contribution in [0, 0.1) is 11.8 Å². The number of hydrogen-bond donors (Lipinski definition) is 1. The first kappa shape index (κ1) is 16.1. The lowest BCUT2D eigenvalue weighted by Gasteiger charge is -2.30. The average Bonchev–Trinajstić information content (AvgIpc) is 2.45. The molecule has 2 unspecified atom stereocenters. The molecule has 0 heterocycles. The molecule has 1 amide bonds. The van der Waals surface area contributed by atoms with Crippen molar-refractivity contribution in [2.24, 2.45) is 11.8 Å². The first-order valence-electron chi connectivity index (χ1n) is 6.91. The highest BCUT2D eigenvalue weighted by Gasteiger charge is 2.25. The van der Waals surface area contributed by atoms with E-state index in [1.165, 1.54) is 25.7 Å². The minimum absolute atomic E-state index is 0.181. The van der Waals surface area contributed by atoms with Gasteiger partial charge >= 0.3 is 0 Å². The molecule has 2 atom stereocenters. The van der Waals surface area contributed by atoms with Gasteiger partial charge in [-0.15, -0.1) is 0 Å². The fraction of sp³-hybridized carbons (Fsp3) is 0.533. The van der Waals surface area contributed by atoms with E-state index >= 15 is 0 Å². The van der Waals surface area contributed by atoms with Crippen LogP contribution in [0.1, 0.15) is 36.0 Å². The van der Waals surface area contributed by atoms with Crippen LogP contribution in [-0.2, 0) is 0 Å². The van der Waals surface area contributed by atoms with Gasteiger partial charge in [-0.2, -0.15) is 0 Å². The maximum absolute atomic E-state index is 12.2. The molecule has 0 saturated heterocycles. The number of alkyl halides is 1. The van der Waals surface area contributed by atoms with Gasteiger partial charge in [0.15, 0.2) is 0 Å². The van der Waals surface area contributed by atoms with Crippen molar-refractivity contribution >= 4 is 45.0 Å². The van der Waals surface area contributed by atoms with Gasteiger partial charge in [0.05, 0.1) is 15.6 Å². The van der Waals surface area contributed by atoms with E-state index in [1.807, 2.05) is 0 Å². The van der Waals surface area contributed by atoms with Gasteiger partial charge in [0.25, 0.3) is 5.91 Å². The molecule has 1 aliphatic carbocycles. The molecular weight excluding hydrogens is 361 g/mol. The molecule has 110 valence electrons. The van der Waals surface area contributed by atoms with Crippen molar-refractivity contribution < 1.29 is 4.79 Å². The van der Waals surface area contributed by atoms with Crippen LogP contribution in [0.2, 0.25) is 10.0 Å². The van der Waals surface area contributed by atoms with Gasteiger partial charge in [0.1, 0.15) is 0 Å². The Hall–Kier alpha value is -0.250. The van der Waals surface area contributed by atoms with Crippen LogP contribution < -0.4 is 5.32 Å². The van der Waals surface area contributed by atoms with E-state index in [0.717, 1.165) is 5.33 Å². The largest absolute Gasteiger partial charge is 0.352 e. The first-order chi connectivity index (χ1) is 9.63. The topological polar surface area (TPSA) is 29.1 Å². The fourth-order valence-corrected chi connectivity index (χ4v) is 4.20. The Morgan fingerprint density at radius 1 is 1.20 bits per heavy atom. The quantitative estimate of drug-likeness (QED) is 0.739. The minimum atomic E-state index is -0.181. The van der Waals surface area contributed by atoms with Crippen LogP contribution in [-0.4, -0.2) is 17.8 Å². The number of carbonyl (C=O) groups is 1. The zero-order valence-electron chi connectivity index (χ0n) is 11.2. The summed E-state index contributed by atoms with van der Waals surface area (Å²) in [6, 6.07) is 5.11. The molecular formula is C15H18BrCl2NO. The number of rotatable bonds is 4. The van der Waals surface area contributed by atoms with Crippen molar-refractivity contribution in [3.63, 3.8) is 0 Å². The molecule has 2 rings (SSSR count). The van der Waals surface area contributed by atoms with Gasteiger partial charge in [-0.05, 0) is 36.8 Å². The second-order valence-corrected chi connectivity index (χ2v) is 6.73. The second kappa shape index (κ2) is 7.67. The third-order valence-corrected chi connectivity index (χ3v) is 5.44. The van der Waals surface area contributed by atoms with Crippen LogP contribution in [0.3, 0.4) is 0 Å². The molecule has 1 aromatic rings. The third-order valence-electron chi connectivity index (χ3n) is 3.98. The Morgan fingerprint density at radius 2 is 1.80 bits per heavy atom. The zero-order chi connectivity index (χ0) is 14.5. The highest BCUT2D eigenvalue weighted by Crippen LogP contribution is 2.31.